The van der Waals surface area contributed by atoms with E-state index >= 15 is 0 Å². The lowest BCUT2D eigenvalue weighted by molar-refractivity contribution is -0.384. The summed E-state index contributed by atoms with van der Waals surface area (Å²) >= 11 is 6.45. The molecule has 0 aliphatic carbocycles. The highest BCUT2D eigenvalue weighted by molar-refractivity contribution is 6.33. The van der Waals surface area contributed by atoms with Crippen LogP contribution >= 0.6 is 11.6 Å². The molecule has 1 heterocycles. The Morgan fingerprint density at radius 3 is 2.40 bits per heavy atom. The van der Waals surface area contributed by atoms with E-state index in [9.17, 15) is 19.7 Å². The zero-order valence-electron chi connectivity index (χ0n) is 16.8. The molecule has 1 aliphatic heterocycles. The normalized spacial score (nSPS) is 14.0. The first-order valence-electron chi connectivity index (χ1n) is 9.65. The Kier molecular flexibility index (Phi) is 6.56. The van der Waals surface area contributed by atoms with Crippen molar-refractivity contribution in [2.75, 3.05) is 36.4 Å². The van der Waals surface area contributed by atoms with E-state index in [-0.39, 0.29) is 23.1 Å². The molecule has 0 unspecified atom stereocenters. The minimum atomic E-state index is -0.545. The van der Waals surface area contributed by atoms with Crippen LogP contribution in [-0.4, -0.2) is 47.8 Å². The van der Waals surface area contributed by atoms with Crippen molar-refractivity contribution in [1.82, 2.24) is 4.90 Å². The number of piperazine rings is 1. The summed E-state index contributed by atoms with van der Waals surface area (Å²) in [6, 6.07) is 10.7. The second-order valence-corrected chi connectivity index (χ2v) is 7.80. The van der Waals surface area contributed by atoms with E-state index in [2.05, 4.69) is 10.2 Å². The molecule has 30 heavy (non-hydrogen) atoms. The van der Waals surface area contributed by atoms with Gasteiger partial charge in [0.15, 0.2) is 0 Å². The number of anilines is 2. The first kappa shape index (κ1) is 21.6. The Bertz CT molecular complexity index is 971. The number of rotatable bonds is 5. The number of benzene rings is 2. The fourth-order valence-electron chi connectivity index (χ4n) is 3.34. The molecule has 0 atom stereocenters. The summed E-state index contributed by atoms with van der Waals surface area (Å²) in [5, 5.41) is 14.1. The molecular weight excluding hydrogens is 408 g/mol. The number of halogens is 1. The van der Waals surface area contributed by atoms with Gasteiger partial charge in [-0.2, -0.15) is 0 Å². The third kappa shape index (κ3) is 4.88. The molecule has 2 aromatic carbocycles. The van der Waals surface area contributed by atoms with Gasteiger partial charge in [0.2, 0.25) is 5.91 Å². The van der Waals surface area contributed by atoms with E-state index in [1.807, 2.05) is 24.8 Å². The molecule has 0 saturated carbocycles. The molecule has 0 spiro atoms. The van der Waals surface area contributed by atoms with Crippen molar-refractivity contribution in [2.45, 2.75) is 13.8 Å². The topological polar surface area (TPSA) is 95.8 Å². The lowest BCUT2D eigenvalue weighted by atomic mass is 10.1. The van der Waals surface area contributed by atoms with Crippen LogP contribution in [0.2, 0.25) is 5.02 Å². The molecule has 0 bridgehead atoms. The van der Waals surface area contributed by atoms with E-state index in [4.69, 9.17) is 11.6 Å². The Balaban J connectivity index is 1.66. The highest BCUT2D eigenvalue weighted by Gasteiger charge is 2.24. The van der Waals surface area contributed by atoms with Gasteiger partial charge in [0, 0.05) is 55.5 Å². The maximum absolute atomic E-state index is 12.4. The molecule has 0 radical (unpaired) electrons. The maximum atomic E-state index is 12.4. The van der Waals surface area contributed by atoms with Crippen LogP contribution < -0.4 is 10.2 Å². The van der Waals surface area contributed by atoms with Gasteiger partial charge in [-0.1, -0.05) is 31.5 Å². The molecule has 0 aromatic heterocycles. The third-order valence-corrected chi connectivity index (χ3v) is 5.25. The van der Waals surface area contributed by atoms with Gasteiger partial charge in [0.1, 0.15) is 0 Å². The predicted octanol–water partition coefficient (Wildman–Crippen LogP) is 3.81. The van der Waals surface area contributed by atoms with Gasteiger partial charge in [-0.25, -0.2) is 0 Å². The molecule has 158 valence electrons. The maximum Gasteiger partial charge on any atom is 0.270 e. The van der Waals surface area contributed by atoms with Gasteiger partial charge >= 0.3 is 0 Å². The Morgan fingerprint density at radius 1 is 1.10 bits per heavy atom. The minimum Gasteiger partial charge on any atom is -0.367 e. The quantitative estimate of drug-likeness (QED) is 0.574. The Morgan fingerprint density at radius 2 is 1.80 bits per heavy atom. The number of hydrogen-bond acceptors (Lipinski definition) is 5. The first-order valence-corrected chi connectivity index (χ1v) is 10.0. The average Bonchev–Trinajstić information content (AvgIpc) is 2.73. The molecule has 1 saturated heterocycles. The fraction of sp³-hybridized carbons (Fsp3) is 0.333. The number of carbonyl (C=O) groups excluding carboxylic acids is 2. The number of hydrogen-bond donors (Lipinski definition) is 1. The van der Waals surface area contributed by atoms with E-state index in [1.165, 1.54) is 24.3 Å². The van der Waals surface area contributed by atoms with Crippen LogP contribution in [0, 0.1) is 16.0 Å². The van der Waals surface area contributed by atoms with Crippen LogP contribution in [0.3, 0.4) is 0 Å². The molecule has 1 fully saturated rings. The zero-order valence-corrected chi connectivity index (χ0v) is 17.6. The lowest BCUT2D eigenvalue weighted by Gasteiger charge is -2.37. The summed E-state index contributed by atoms with van der Waals surface area (Å²) in [7, 11) is 0. The minimum absolute atomic E-state index is 0.0194. The van der Waals surface area contributed by atoms with E-state index in [0.29, 0.717) is 36.9 Å². The molecule has 1 aliphatic rings. The molecule has 2 aromatic rings. The first-order chi connectivity index (χ1) is 14.3. The van der Waals surface area contributed by atoms with Crippen molar-refractivity contribution in [3.63, 3.8) is 0 Å². The number of nitrogens with one attached hydrogen (secondary N) is 1. The zero-order chi connectivity index (χ0) is 21.8. The number of carbonyl (C=O) groups is 2. The largest absolute Gasteiger partial charge is 0.367 e. The van der Waals surface area contributed by atoms with Crippen LogP contribution in [-0.2, 0) is 4.79 Å². The number of nitrogens with zero attached hydrogens (tertiary/aromatic N) is 3. The summed E-state index contributed by atoms with van der Waals surface area (Å²) in [4.78, 5) is 38.9. The molecule has 9 heteroatoms. The highest BCUT2D eigenvalue weighted by Crippen LogP contribution is 2.30. The fourth-order valence-corrected chi connectivity index (χ4v) is 3.64. The standard InChI is InChI=1S/C21H23ClN4O4/c1-14(2)21(28)25-10-8-24(9-11-25)19-7-6-16(13-18(19)22)23-20(27)15-4-3-5-17(12-15)26(29)30/h3-7,12-14H,8-11H2,1-2H3,(H,23,27). The van der Waals surface area contributed by atoms with Gasteiger partial charge < -0.3 is 15.1 Å². The molecule has 8 nitrogen and oxygen atoms in total. The number of amides is 2. The number of nitro groups is 1. The van der Waals surface area contributed by atoms with Crippen LogP contribution in [0.4, 0.5) is 17.1 Å². The number of nitro benzene ring substituents is 1. The summed E-state index contributed by atoms with van der Waals surface area (Å²) in [5.74, 6) is -0.322. The van der Waals surface area contributed by atoms with Gasteiger partial charge in [-0.05, 0) is 24.3 Å². The number of non-ortho nitro benzene ring substituents is 1. The van der Waals surface area contributed by atoms with E-state index < -0.39 is 10.8 Å². The van der Waals surface area contributed by atoms with E-state index in [1.54, 1.807) is 12.1 Å². The van der Waals surface area contributed by atoms with Crippen molar-refractivity contribution >= 4 is 40.5 Å². The Labute approximate surface area is 179 Å². The summed E-state index contributed by atoms with van der Waals surface area (Å²) in [6.07, 6.45) is 0. The lowest BCUT2D eigenvalue weighted by Crippen LogP contribution is -2.50. The van der Waals surface area contributed by atoms with Gasteiger partial charge in [0.25, 0.3) is 11.6 Å². The van der Waals surface area contributed by atoms with Gasteiger partial charge in [0.05, 0.1) is 15.6 Å². The molecule has 3 rings (SSSR count). The molecule has 2 amide bonds. The monoisotopic (exact) mass is 430 g/mol. The van der Waals surface area contributed by atoms with Crippen molar-refractivity contribution in [3.05, 3.63) is 63.2 Å². The molecule has 1 N–H and O–H groups in total. The molecular formula is C21H23ClN4O4. The highest BCUT2D eigenvalue weighted by atomic mass is 35.5. The Hall–Kier alpha value is -3.13. The summed E-state index contributed by atoms with van der Waals surface area (Å²) < 4.78 is 0. The van der Waals surface area contributed by atoms with E-state index in [0.717, 1.165) is 5.69 Å². The van der Waals surface area contributed by atoms with Crippen LogP contribution in [0.15, 0.2) is 42.5 Å². The smallest absolute Gasteiger partial charge is 0.270 e. The summed E-state index contributed by atoms with van der Waals surface area (Å²) in [6.45, 7) is 6.42. The van der Waals surface area contributed by atoms with Crippen LogP contribution in [0.5, 0.6) is 0 Å². The third-order valence-electron chi connectivity index (χ3n) is 4.95. The van der Waals surface area contributed by atoms with Crippen molar-refractivity contribution in [1.29, 1.82) is 0 Å². The van der Waals surface area contributed by atoms with Crippen molar-refractivity contribution < 1.29 is 14.5 Å². The van der Waals surface area contributed by atoms with Gasteiger partial charge in [-0.15, -0.1) is 0 Å². The average molecular weight is 431 g/mol. The second-order valence-electron chi connectivity index (χ2n) is 7.39. The second kappa shape index (κ2) is 9.13. The van der Waals surface area contributed by atoms with Crippen LogP contribution in [0.1, 0.15) is 24.2 Å². The van der Waals surface area contributed by atoms with Crippen molar-refractivity contribution in [2.24, 2.45) is 5.92 Å². The SMILES string of the molecule is CC(C)C(=O)N1CCN(c2ccc(NC(=O)c3cccc([N+](=O)[O-])c3)cc2Cl)CC1. The summed E-state index contributed by atoms with van der Waals surface area (Å²) in [5.41, 5.74) is 1.37. The predicted molar refractivity (Wildman–Crippen MR) is 116 cm³/mol. The van der Waals surface area contributed by atoms with Gasteiger partial charge in [-0.3, -0.25) is 19.7 Å². The van der Waals surface area contributed by atoms with Crippen LogP contribution in [0.25, 0.3) is 0 Å². The van der Waals surface area contributed by atoms with Crippen molar-refractivity contribution in [3.8, 4) is 0 Å².